The van der Waals surface area contributed by atoms with Crippen molar-refractivity contribution in [1.82, 2.24) is 10.0 Å². The third-order valence-electron chi connectivity index (χ3n) is 3.24. The van der Waals surface area contributed by atoms with Gasteiger partial charge in [-0.15, -0.1) is 0 Å². The summed E-state index contributed by atoms with van der Waals surface area (Å²) in [4.78, 5) is 0. The summed E-state index contributed by atoms with van der Waals surface area (Å²) in [6, 6.07) is 9.66. The minimum atomic E-state index is -3.27. The van der Waals surface area contributed by atoms with Gasteiger partial charge in [0.2, 0.25) is 10.0 Å². The monoisotopic (exact) mass is 300 g/mol. The normalized spacial score (nSPS) is 26.8. The summed E-state index contributed by atoms with van der Waals surface area (Å²) >= 11 is 0. The smallest absolute Gasteiger partial charge is 0.208 e. The Balaban J connectivity index is 1.80. The summed E-state index contributed by atoms with van der Waals surface area (Å²) in [6.45, 7) is 1.09. The molecular formula is C13H20N2O4S. The predicted octanol–water partition coefficient (Wildman–Crippen LogP) is -0.546. The standard InChI is InChI=1S/C13H20N2O4S/c1-20(17,18)15-8-12-13(16)11(9-19-12)14-7-10-5-3-2-4-6-10/h2-6,11-16H,7-9H2,1H3. The van der Waals surface area contributed by atoms with E-state index >= 15 is 0 Å². The lowest BCUT2D eigenvalue weighted by atomic mass is 10.1. The van der Waals surface area contributed by atoms with Crippen molar-refractivity contribution in [3.63, 3.8) is 0 Å². The second-order valence-corrected chi connectivity index (χ2v) is 6.79. The van der Waals surface area contributed by atoms with E-state index in [0.717, 1.165) is 11.8 Å². The highest BCUT2D eigenvalue weighted by atomic mass is 32.2. The number of aliphatic hydroxyl groups is 1. The molecule has 2 rings (SSSR count). The van der Waals surface area contributed by atoms with Gasteiger partial charge in [0.05, 0.1) is 31.1 Å². The van der Waals surface area contributed by atoms with Gasteiger partial charge in [-0.3, -0.25) is 0 Å². The first kappa shape index (κ1) is 15.4. The first-order valence-electron chi connectivity index (χ1n) is 6.47. The lowest BCUT2D eigenvalue weighted by molar-refractivity contribution is 0.0444. The molecule has 1 aliphatic heterocycles. The Morgan fingerprint density at radius 3 is 2.70 bits per heavy atom. The molecule has 1 aliphatic rings. The van der Waals surface area contributed by atoms with Crippen LogP contribution in [0.4, 0.5) is 0 Å². The average molecular weight is 300 g/mol. The van der Waals surface area contributed by atoms with Crippen LogP contribution in [0.15, 0.2) is 30.3 Å². The lowest BCUT2D eigenvalue weighted by Gasteiger charge is -2.18. The zero-order valence-electron chi connectivity index (χ0n) is 11.3. The summed E-state index contributed by atoms with van der Waals surface area (Å²) < 4.78 is 29.8. The van der Waals surface area contributed by atoms with Crippen molar-refractivity contribution in [1.29, 1.82) is 0 Å². The van der Waals surface area contributed by atoms with E-state index in [9.17, 15) is 13.5 Å². The molecule has 7 heteroatoms. The molecule has 0 aromatic heterocycles. The third kappa shape index (κ3) is 4.53. The number of sulfonamides is 1. The average Bonchev–Trinajstić information content (AvgIpc) is 2.75. The molecule has 1 fully saturated rings. The second kappa shape index (κ2) is 6.64. The molecule has 0 amide bonds. The van der Waals surface area contributed by atoms with Gasteiger partial charge in [-0.05, 0) is 5.56 Å². The van der Waals surface area contributed by atoms with E-state index in [1.165, 1.54) is 0 Å². The van der Waals surface area contributed by atoms with Crippen molar-refractivity contribution < 1.29 is 18.3 Å². The summed E-state index contributed by atoms with van der Waals surface area (Å²) in [5.74, 6) is 0. The fourth-order valence-corrected chi connectivity index (χ4v) is 2.59. The molecule has 0 saturated carbocycles. The van der Waals surface area contributed by atoms with Gasteiger partial charge in [-0.2, -0.15) is 0 Å². The molecule has 3 atom stereocenters. The van der Waals surface area contributed by atoms with Gasteiger partial charge >= 0.3 is 0 Å². The maximum absolute atomic E-state index is 11.0. The van der Waals surface area contributed by atoms with Gasteiger partial charge in [0.15, 0.2) is 0 Å². The zero-order valence-corrected chi connectivity index (χ0v) is 12.1. The van der Waals surface area contributed by atoms with Gasteiger partial charge in [0.1, 0.15) is 0 Å². The minimum Gasteiger partial charge on any atom is -0.389 e. The lowest BCUT2D eigenvalue weighted by Crippen LogP contribution is -2.44. The van der Waals surface area contributed by atoms with Crippen LogP contribution in [0.3, 0.4) is 0 Å². The molecule has 1 saturated heterocycles. The van der Waals surface area contributed by atoms with E-state index in [0.29, 0.717) is 13.2 Å². The molecule has 1 aromatic rings. The van der Waals surface area contributed by atoms with Crippen LogP contribution in [-0.4, -0.2) is 51.2 Å². The van der Waals surface area contributed by atoms with Crippen molar-refractivity contribution in [2.45, 2.75) is 24.8 Å². The van der Waals surface area contributed by atoms with Crippen LogP contribution in [0.5, 0.6) is 0 Å². The van der Waals surface area contributed by atoms with E-state index in [1.54, 1.807) is 0 Å². The number of hydrogen-bond acceptors (Lipinski definition) is 5. The minimum absolute atomic E-state index is 0.0868. The molecule has 1 aromatic carbocycles. The fourth-order valence-electron chi connectivity index (χ4n) is 2.12. The Hall–Kier alpha value is -0.990. The number of nitrogens with one attached hydrogen (secondary N) is 2. The van der Waals surface area contributed by atoms with Crippen LogP contribution < -0.4 is 10.0 Å². The Bertz CT molecular complexity index is 520. The number of ether oxygens (including phenoxy) is 1. The van der Waals surface area contributed by atoms with E-state index < -0.39 is 22.2 Å². The van der Waals surface area contributed by atoms with Crippen molar-refractivity contribution >= 4 is 10.0 Å². The number of benzene rings is 1. The molecule has 0 aliphatic carbocycles. The molecule has 6 nitrogen and oxygen atoms in total. The van der Waals surface area contributed by atoms with E-state index in [4.69, 9.17) is 4.74 Å². The molecule has 1 heterocycles. The Morgan fingerprint density at radius 1 is 1.35 bits per heavy atom. The van der Waals surface area contributed by atoms with Crippen LogP contribution in [0.25, 0.3) is 0 Å². The maximum Gasteiger partial charge on any atom is 0.208 e. The van der Waals surface area contributed by atoms with Crippen molar-refractivity contribution in [3.05, 3.63) is 35.9 Å². The Kier molecular flexibility index (Phi) is 5.11. The van der Waals surface area contributed by atoms with E-state index in [2.05, 4.69) is 10.0 Å². The molecular weight excluding hydrogens is 280 g/mol. The van der Waals surface area contributed by atoms with Gasteiger partial charge in [-0.1, -0.05) is 30.3 Å². The first-order chi connectivity index (χ1) is 9.46. The molecule has 20 heavy (non-hydrogen) atoms. The first-order valence-corrected chi connectivity index (χ1v) is 8.36. The maximum atomic E-state index is 11.0. The van der Waals surface area contributed by atoms with Crippen LogP contribution in [0.2, 0.25) is 0 Å². The van der Waals surface area contributed by atoms with Gasteiger partial charge in [0.25, 0.3) is 0 Å². The highest BCUT2D eigenvalue weighted by Gasteiger charge is 2.35. The topological polar surface area (TPSA) is 87.7 Å². The predicted molar refractivity (Wildman–Crippen MR) is 75.7 cm³/mol. The van der Waals surface area contributed by atoms with Crippen molar-refractivity contribution in [3.8, 4) is 0 Å². The summed E-state index contributed by atoms with van der Waals surface area (Å²) in [5, 5.41) is 13.3. The third-order valence-corrected chi connectivity index (χ3v) is 3.93. The van der Waals surface area contributed by atoms with Crippen molar-refractivity contribution in [2.24, 2.45) is 0 Å². The van der Waals surface area contributed by atoms with Crippen LogP contribution in [-0.2, 0) is 21.3 Å². The zero-order chi connectivity index (χ0) is 14.6. The molecule has 0 bridgehead atoms. The van der Waals surface area contributed by atoms with E-state index in [1.807, 2.05) is 30.3 Å². The van der Waals surface area contributed by atoms with Gasteiger partial charge in [0, 0.05) is 13.1 Å². The van der Waals surface area contributed by atoms with Crippen LogP contribution in [0.1, 0.15) is 5.56 Å². The molecule has 0 radical (unpaired) electrons. The fraction of sp³-hybridized carbons (Fsp3) is 0.538. The Labute approximate surface area is 119 Å². The second-order valence-electron chi connectivity index (χ2n) is 4.96. The van der Waals surface area contributed by atoms with E-state index in [-0.39, 0.29) is 12.6 Å². The summed E-state index contributed by atoms with van der Waals surface area (Å²) in [6.07, 6.45) is -0.162. The number of rotatable bonds is 6. The molecule has 0 spiro atoms. The van der Waals surface area contributed by atoms with Crippen LogP contribution in [0, 0.1) is 0 Å². The largest absolute Gasteiger partial charge is 0.389 e. The summed E-state index contributed by atoms with van der Waals surface area (Å²) in [7, 11) is -3.27. The van der Waals surface area contributed by atoms with Crippen LogP contribution >= 0.6 is 0 Å². The molecule has 3 N–H and O–H groups in total. The highest BCUT2D eigenvalue weighted by Crippen LogP contribution is 2.14. The van der Waals surface area contributed by atoms with Gasteiger partial charge < -0.3 is 15.2 Å². The molecule has 112 valence electrons. The molecule has 3 unspecified atom stereocenters. The number of aliphatic hydroxyl groups excluding tert-OH is 1. The highest BCUT2D eigenvalue weighted by molar-refractivity contribution is 7.88. The SMILES string of the molecule is CS(=O)(=O)NCC1OCC(NCc2ccccc2)C1O. The summed E-state index contributed by atoms with van der Waals surface area (Å²) in [5.41, 5.74) is 1.12. The van der Waals surface area contributed by atoms with Crippen molar-refractivity contribution in [2.75, 3.05) is 19.4 Å². The van der Waals surface area contributed by atoms with Gasteiger partial charge in [-0.25, -0.2) is 13.1 Å². The quantitative estimate of drug-likeness (QED) is 0.656. The number of hydrogen-bond donors (Lipinski definition) is 3. The Morgan fingerprint density at radius 2 is 2.05 bits per heavy atom.